The quantitative estimate of drug-likeness (QED) is 0.838. The second-order valence-corrected chi connectivity index (χ2v) is 5.70. The van der Waals surface area contributed by atoms with Crippen LogP contribution in [0.25, 0.3) is 0 Å². The summed E-state index contributed by atoms with van der Waals surface area (Å²) in [6.07, 6.45) is 1.90. The molecule has 2 rings (SSSR count). The van der Waals surface area contributed by atoms with E-state index in [2.05, 4.69) is 5.32 Å². The minimum Gasteiger partial charge on any atom is -0.352 e. The first-order valence-electron chi connectivity index (χ1n) is 7.21. The molecular weight excluding hydrogens is 318 g/mol. The van der Waals surface area contributed by atoms with Gasteiger partial charge in [0.1, 0.15) is 0 Å². The summed E-state index contributed by atoms with van der Waals surface area (Å²) in [5.74, 6) is -0.275. The number of aromatic nitrogens is 2. The molecule has 0 bridgehead atoms. The summed E-state index contributed by atoms with van der Waals surface area (Å²) in [6, 6.07) is 6.55. The summed E-state index contributed by atoms with van der Waals surface area (Å²) in [5.41, 5.74) is 0.669. The highest BCUT2D eigenvalue weighted by molar-refractivity contribution is 6.33. The number of hydrogen-bond acceptors (Lipinski definition) is 3. The van der Waals surface area contributed by atoms with Gasteiger partial charge in [0.05, 0.1) is 10.6 Å². The third-order valence-electron chi connectivity index (χ3n) is 3.45. The Morgan fingerprint density at radius 1 is 1.26 bits per heavy atom. The number of nitrogens with zero attached hydrogens (tertiary/aromatic N) is 2. The van der Waals surface area contributed by atoms with E-state index in [1.807, 2.05) is 13.0 Å². The monoisotopic (exact) mass is 335 g/mol. The standard InChI is InChI=1S/C16H18ClN3O3/c1-11-4-5-12(13(17)10-11)15(22)18-7-3-8-20-14(21)6-9-19(2)16(20)23/h4-6,9-10H,3,7-8H2,1-2H3,(H,18,22). The molecule has 0 unspecified atom stereocenters. The predicted octanol–water partition coefficient (Wildman–Crippen LogP) is 1.33. The summed E-state index contributed by atoms with van der Waals surface area (Å²) in [4.78, 5) is 35.5. The summed E-state index contributed by atoms with van der Waals surface area (Å²) in [6.45, 7) is 2.48. The molecule has 0 aliphatic heterocycles. The van der Waals surface area contributed by atoms with Gasteiger partial charge in [-0.3, -0.25) is 14.2 Å². The van der Waals surface area contributed by atoms with Crippen LogP contribution in [0.1, 0.15) is 22.3 Å². The highest BCUT2D eigenvalue weighted by Crippen LogP contribution is 2.17. The van der Waals surface area contributed by atoms with Crippen molar-refractivity contribution in [1.82, 2.24) is 14.5 Å². The lowest BCUT2D eigenvalue weighted by Crippen LogP contribution is -2.38. The SMILES string of the molecule is Cc1ccc(C(=O)NCCCn2c(=O)ccn(C)c2=O)c(Cl)c1. The Labute approximate surface area is 138 Å². The van der Waals surface area contributed by atoms with Crippen molar-refractivity contribution in [2.24, 2.45) is 7.05 Å². The molecule has 6 nitrogen and oxygen atoms in total. The predicted molar refractivity (Wildman–Crippen MR) is 89.1 cm³/mol. The van der Waals surface area contributed by atoms with Crippen LogP contribution in [-0.4, -0.2) is 21.6 Å². The van der Waals surface area contributed by atoms with E-state index >= 15 is 0 Å². The Hall–Kier alpha value is -2.34. The molecule has 2 aromatic rings. The number of amides is 1. The maximum Gasteiger partial charge on any atom is 0.330 e. The lowest BCUT2D eigenvalue weighted by molar-refractivity contribution is 0.0953. The minimum atomic E-state index is -0.370. The molecule has 0 fully saturated rings. The number of halogens is 1. The molecule has 0 radical (unpaired) electrons. The average molecular weight is 336 g/mol. The van der Waals surface area contributed by atoms with Gasteiger partial charge in [0, 0.05) is 32.4 Å². The number of rotatable bonds is 5. The van der Waals surface area contributed by atoms with Gasteiger partial charge in [-0.1, -0.05) is 17.7 Å². The van der Waals surface area contributed by atoms with Gasteiger partial charge >= 0.3 is 5.69 Å². The highest BCUT2D eigenvalue weighted by atomic mass is 35.5. The molecule has 0 aliphatic carbocycles. The maximum absolute atomic E-state index is 12.0. The van der Waals surface area contributed by atoms with Crippen molar-refractivity contribution in [2.45, 2.75) is 19.9 Å². The van der Waals surface area contributed by atoms with Crippen LogP contribution in [-0.2, 0) is 13.6 Å². The number of nitrogens with one attached hydrogen (secondary N) is 1. The molecule has 122 valence electrons. The van der Waals surface area contributed by atoms with Crippen LogP contribution >= 0.6 is 11.6 Å². The number of hydrogen-bond donors (Lipinski definition) is 1. The zero-order valence-corrected chi connectivity index (χ0v) is 13.8. The molecule has 0 saturated carbocycles. The smallest absolute Gasteiger partial charge is 0.330 e. The Balaban J connectivity index is 1.93. The molecule has 0 spiro atoms. The first-order chi connectivity index (χ1) is 10.9. The zero-order chi connectivity index (χ0) is 17.0. The van der Waals surface area contributed by atoms with Crippen LogP contribution < -0.4 is 16.6 Å². The fourth-order valence-electron chi connectivity index (χ4n) is 2.16. The average Bonchev–Trinajstić information content (AvgIpc) is 2.50. The van der Waals surface area contributed by atoms with Gasteiger partial charge in [0.15, 0.2) is 0 Å². The van der Waals surface area contributed by atoms with E-state index < -0.39 is 0 Å². The van der Waals surface area contributed by atoms with Crippen molar-refractivity contribution in [3.63, 3.8) is 0 Å². The number of carbonyl (C=O) groups is 1. The van der Waals surface area contributed by atoms with Gasteiger partial charge in [-0.2, -0.15) is 0 Å². The highest BCUT2D eigenvalue weighted by Gasteiger charge is 2.10. The Morgan fingerprint density at radius 3 is 2.70 bits per heavy atom. The van der Waals surface area contributed by atoms with E-state index in [0.29, 0.717) is 23.6 Å². The summed E-state index contributed by atoms with van der Waals surface area (Å²) in [5, 5.41) is 3.13. The number of aryl methyl sites for hydroxylation is 2. The first kappa shape index (κ1) is 17.0. The Bertz CT molecular complexity index is 839. The van der Waals surface area contributed by atoms with E-state index in [1.54, 1.807) is 19.2 Å². The molecule has 0 aliphatic rings. The van der Waals surface area contributed by atoms with E-state index in [1.165, 1.54) is 16.8 Å². The zero-order valence-electron chi connectivity index (χ0n) is 13.0. The fraction of sp³-hybridized carbons (Fsp3) is 0.312. The van der Waals surface area contributed by atoms with Crippen LogP contribution in [0.4, 0.5) is 0 Å². The van der Waals surface area contributed by atoms with Gasteiger partial charge in [0.2, 0.25) is 0 Å². The van der Waals surface area contributed by atoms with E-state index in [-0.39, 0.29) is 23.7 Å². The molecule has 1 aromatic heterocycles. The van der Waals surface area contributed by atoms with Crippen molar-refractivity contribution in [1.29, 1.82) is 0 Å². The van der Waals surface area contributed by atoms with E-state index in [4.69, 9.17) is 11.6 Å². The summed E-state index contributed by atoms with van der Waals surface area (Å²) >= 11 is 6.04. The van der Waals surface area contributed by atoms with Crippen molar-refractivity contribution in [3.05, 3.63) is 67.4 Å². The van der Waals surface area contributed by atoms with Gasteiger partial charge in [-0.15, -0.1) is 0 Å². The maximum atomic E-state index is 12.0. The second-order valence-electron chi connectivity index (χ2n) is 5.29. The van der Waals surface area contributed by atoms with E-state index in [0.717, 1.165) is 10.1 Å². The molecule has 7 heteroatoms. The largest absolute Gasteiger partial charge is 0.352 e. The van der Waals surface area contributed by atoms with Crippen molar-refractivity contribution >= 4 is 17.5 Å². The van der Waals surface area contributed by atoms with Gasteiger partial charge in [-0.25, -0.2) is 4.79 Å². The molecule has 1 amide bonds. The number of benzene rings is 1. The molecule has 1 heterocycles. The van der Waals surface area contributed by atoms with Crippen molar-refractivity contribution in [2.75, 3.05) is 6.54 Å². The molecule has 1 aromatic carbocycles. The molecule has 23 heavy (non-hydrogen) atoms. The van der Waals surface area contributed by atoms with Crippen LogP contribution in [0.3, 0.4) is 0 Å². The molecule has 0 saturated heterocycles. The third-order valence-corrected chi connectivity index (χ3v) is 3.77. The molecule has 1 N–H and O–H groups in total. The van der Waals surface area contributed by atoms with Crippen LogP contribution in [0.15, 0.2) is 40.1 Å². The fourth-order valence-corrected chi connectivity index (χ4v) is 2.48. The lowest BCUT2D eigenvalue weighted by Gasteiger charge is -2.09. The number of carbonyl (C=O) groups excluding carboxylic acids is 1. The van der Waals surface area contributed by atoms with Crippen LogP contribution in [0.5, 0.6) is 0 Å². The van der Waals surface area contributed by atoms with Gasteiger partial charge in [0.25, 0.3) is 11.5 Å². The van der Waals surface area contributed by atoms with E-state index in [9.17, 15) is 14.4 Å². The normalized spacial score (nSPS) is 10.6. The Kier molecular flexibility index (Phi) is 5.39. The first-order valence-corrected chi connectivity index (χ1v) is 7.59. The second kappa shape index (κ2) is 7.28. The Morgan fingerprint density at radius 2 is 2.00 bits per heavy atom. The van der Waals surface area contributed by atoms with Crippen LogP contribution in [0.2, 0.25) is 5.02 Å². The lowest BCUT2D eigenvalue weighted by atomic mass is 10.1. The third kappa shape index (κ3) is 4.10. The van der Waals surface area contributed by atoms with Crippen molar-refractivity contribution < 1.29 is 4.79 Å². The minimum absolute atomic E-state index is 0.244. The van der Waals surface area contributed by atoms with Gasteiger partial charge < -0.3 is 9.88 Å². The summed E-state index contributed by atoms with van der Waals surface area (Å²) < 4.78 is 2.48. The van der Waals surface area contributed by atoms with Crippen molar-refractivity contribution in [3.8, 4) is 0 Å². The summed E-state index contributed by atoms with van der Waals surface area (Å²) in [7, 11) is 1.58. The molecular formula is C16H18ClN3O3. The van der Waals surface area contributed by atoms with Crippen LogP contribution in [0, 0.1) is 6.92 Å². The topological polar surface area (TPSA) is 73.1 Å². The molecule has 0 atom stereocenters. The van der Waals surface area contributed by atoms with Gasteiger partial charge in [-0.05, 0) is 31.0 Å².